The van der Waals surface area contributed by atoms with Gasteiger partial charge in [0.1, 0.15) is 39.6 Å². The Morgan fingerprint density at radius 3 is 1.24 bits per heavy atom. The highest BCUT2D eigenvalue weighted by Crippen LogP contribution is 2.24. The van der Waals surface area contributed by atoms with E-state index in [0.717, 1.165) is 0 Å². The number of aliphatic hydroxyl groups excluding tert-OH is 3. The van der Waals surface area contributed by atoms with Gasteiger partial charge in [0, 0.05) is 0 Å². The van der Waals surface area contributed by atoms with Crippen LogP contribution in [0.1, 0.15) is 13.3 Å². The van der Waals surface area contributed by atoms with Crippen LogP contribution in [0.25, 0.3) is 0 Å². The first-order valence-electron chi connectivity index (χ1n) is 6.22. The Labute approximate surface area is 121 Å². The number of ether oxygens (including phenoxy) is 3. The fourth-order valence-corrected chi connectivity index (χ4v) is 1.27. The second-order valence-electron chi connectivity index (χ2n) is 4.31. The van der Waals surface area contributed by atoms with Gasteiger partial charge >= 0.3 is 17.9 Å². The molecule has 9 nitrogen and oxygen atoms in total. The van der Waals surface area contributed by atoms with Crippen molar-refractivity contribution >= 4 is 17.9 Å². The van der Waals surface area contributed by atoms with Gasteiger partial charge in [-0.15, -0.1) is 0 Å². The van der Waals surface area contributed by atoms with Crippen LogP contribution < -0.4 is 0 Å². The van der Waals surface area contributed by atoms with Gasteiger partial charge in [0.25, 0.3) is 0 Å². The van der Waals surface area contributed by atoms with Gasteiger partial charge in [0.2, 0.25) is 0 Å². The summed E-state index contributed by atoms with van der Waals surface area (Å²) in [6.45, 7) is -1.54. The van der Waals surface area contributed by atoms with Crippen LogP contribution in [0.2, 0.25) is 0 Å². The first kappa shape index (κ1) is 19.3. The number of aliphatic hydroxyl groups is 3. The number of carbonyl (C=O) groups excluding carboxylic acids is 3. The van der Waals surface area contributed by atoms with Crippen LogP contribution in [0.3, 0.4) is 0 Å². The molecule has 0 unspecified atom stereocenters. The quantitative estimate of drug-likeness (QED) is 0.308. The predicted octanol–water partition coefficient (Wildman–Crippen LogP) is -2.01. The van der Waals surface area contributed by atoms with E-state index in [1.54, 1.807) is 6.92 Å². The zero-order valence-electron chi connectivity index (χ0n) is 11.7. The summed E-state index contributed by atoms with van der Waals surface area (Å²) < 4.78 is 14.3. The topological polar surface area (TPSA) is 140 Å². The summed E-state index contributed by atoms with van der Waals surface area (Å²) in [6.07, 6.45) is 0.309. The van der Waals surface area contributed by atoms with Crippen LogP contribution in [0.4, 0.5) is 0 Å². The molecule has 0 fully saturated rings. The van der Waals surface area contributed by atoms with Crippen molar-refractivity contribution in [1.82, 2.24) is 0 Å². The van der Waals surface area contributed by atoms with Gasteiger partial charge in [0.05, 0.1) is 5.41 Å². The molecule has 0 aromatic heterocycles. The molecule has 0 atom stereocenters. The Balaban J connectivity index is 4.76. The van der Waals surface area contributed by atoms with E-state index < -0.39 is 43.1 Å². The van der Waals surface area contributed by atoms with Gasteiger partial charge in [-0.1, -0.05) is 6.92 Å². The van der Waals surface area contributed by atoms with E-state index in [-0.39, 0.29) is 19.8 Å². The number of hydrogen-bond donors (Lipinski definition) is 3. The second-order valence-corrected chi connectivity index (χ2v) is 4.31. The molecule has 0 bridgehead atoms. The average Bonchev–Trinajstić information content (AvgIpc) is 2.53. The van der Waals surface area contributed by atoms with Crippen LogP contribution in [-0.4, -0.2) is 72.9 Å². The van der Waals surface area contributed by atoms with Gasteiger partial charge in [-0.25, -0.2) is 14.4 Å². The van der Waals surface area contributed by atoms with E-state index in [2.05, 4.69) is 0 Å². The lowest BCUT2D eigenvalue weighted by molar-refractivity contribution is -0.165. The number of hydrogen-bond acceptors (Lipinski definition) is 9. The van der Waals surface area contributed by atoms with E-state index >= 15 is 0 Å². The third-order valence-corrected chi connectivity index (χ3v) is 2.76. The molecule has 21 heavy (non-hydrogen) atoms. The zero-order chi connectivity index (χ0) is 16.3. The maximum Gasteiger partial charge on any atom is 0.331 e. The monoisotopic (exact) mass is 308 g/mol. The Hall–Kier alpha value is -1.71. The molecule has 0 aliphatic heterocycles. The van der Waals surface area contributed by atoms with Crippen molar-refractivity contribution < 1.29 is 43.9 Å². The molecular weight excluding hydrogens is 288 g/mol. The molecule has 3 N–H and O–H groups in total. The highest BCUT2D eigenvalue weighted by atomic mass is 16.6. The van der Waals surface area contributed by atoms with E-state index in [9.17, 15) is 14.4 Å². The molecule has 0 amide bonds. The highest BCUT2D eigenvalue weighted by molar-refractivity contribution is 5.71. The summed E-state index contributed by atoms with van der Waals surface area (Å²) in [5.74, 6) is -2.64. The SMILES string of the molecule is CCC(COC(=O)CO)(COC(=O)CO)COC(=O)CO. The van der Waals surface area contributed by atoms with E-state index in [1.807, 2.05) is 0 Å². The molecule has 0 aliphatic carbocycles. The number of rotatable bonds is 10. The maximum absolute atomic E-state index is 11.0. The molecule has 0 aromatic carbocycles. The molecule has 122 valence electrons. The van der Waals surface area contributed by atoms with Crippen LogP contribution in [0.5, 0.6) is 0 Å². The largest absolute Gasteiger partial charge is 0.463 e. The minimum Gasteiger partial charge on any atom is -0.463 e. The molecule has 0 rings (SSSR count). The van der Waals surface area contributed by atoms with E-state index in [4.69, 9.17) is 29.5 Å². The summed E-state index contributed by atoms with van der Waals surface area (Å²) in [4.78, 5) is 33.0. The molecule has 0 saturated heterocycles. The molecule has 9 heteroatoms. The molecule has 0 saturated carbocycles. The smallest absolute Gasteiger partial charge is 0.331 e. The minimum absolute atomic E-state index is 0.264. The third kappa shape index (κ3) is 7.59. The van der Waals surface area contributed by atoms with Crippen molar-refractivity contribution in [3.05, 3.63) is 0 Å². The van der Waals surface area contributed by atoms with Crippen LogP contribution >= 0.6 is 0 Å². The minimum atomic E-state index is -1.03. The summed E-state index contributed by atoms with van der Waals surface area (Å²) >= 11 is 0. The summed E-state index contributed by atoms with van der Waals surface area (Å²) in [5.41, 5.74) is -1.03. The van der Waals surface area contributed by atoms with E-state index in [1.165, 1.54) is 0 Å². The van der Waals surface area contributed by atoms with Crippen molar-refractivity contribution in [3.8, 4) is 0 Å². The average molecular weight is 308 g/mol. The van der Waals surface area contributed by atoms with E-state index in [0.29, 0.717) is 6.42 Å². The van der Waals surface area contributed by atoms with Crippen molar-refractivity contribution in [2.45, 2.75) is 13.3 Å². The lowest BCUT2D eigenvalue weighted by Gasteiger charge is -2.30. The molecule has 0 aliphatic rings. The van der Waals surface area contributed by atoms with Gasteiger partial charge in [-0.2, -0.15) is 0 Å². The summed E-state index contributed by atoms with van der Waals surface area (Å²) in [6, 6.07) is 0. The fourth-order valence-electron chi connectivity index (χ4n) is 1.27. The van der Waals surface area contributed by atoms with Gasteiger partial charge in [-0.05, 0) is 6.42 Å². The third-order valence-electron chi connectivity index (χ3n) is 2.76. The Kier molecular flexibility index (Phi) is 9.26. The van der Waals surface area contributed by atoms with Gasteiger partial charge < -0.3 is 29.5 Å². The van der Waals surface area contributed by atoms with Crippen LogP contribution in [0.15, 0.2) is 0 Å². The Morgan fingerprint density at radius 1 is 0.762 bits per heavy atom. The van der Waals surface area contributed by atoms with Gasteiger partial charge in [0.15, 0.2) is 0 Å². The molecule has 0 radical (unpaired) electrons. The summed E-state index contributed by atoms with van der Waals surface area (Å²) in [5, 5.41) is 25.8. The van der Waals surface area contributed by atoms with Crippen LogP contribution in [-0.2, 0) is 28.6 Å². The standard InChI is InChI=1S/C12H20O9/c1-2-12(6-19-9(16)3-13,7-20-10(17)4-14)8-21-11(18)5-15/h13-15H,2-8H2,1H3. The lowest BCUT2D eigenvalue weighted by Crippen LogP contribution is -2.39. The Morgan fingerprint density at radius 2 is 1.05 bits per heavy atom. The van der Waals surface area contributed by atoms with Gasteiger partial charge in [-0.3, -0.25) is 0 Å². The highest BCUT2D eigenvalue weighted by Gasteiger charge is 2.34. The first-order valence-corrected chi connectivity index (χ1v) is 6.22. The lowest BCUT2D eigenvalue weighted by atomic mass is 9.88. The van der Waals surface area contributed by atoms with Crippen molar-refractivity contribution in [2.75, 3.05) is 39.6 Å². The van der Waals surface area contributed by atoms with Crippen molar-refractivity contribution in [2.24, 2.45) is 5.41 Å². The predicted molar refractivity (Wildman–Crippen MR) is 66.9 cm³/mol. The van der Waals surface area contributed by atoms with Crippen LogP contribution in [0, 0.1) is 5.41 Å². The molecule has 0 heterocycles. The molecule has 0 spiro atoms. The fraction of sp³-hybridized carbons (Fsp3) is 0.750. The normalized spacial score (nSPS) is 10.9. The summed E-state index contributed by atoms with van der Waals surface area (Å²) in [7, 11) is 0. The zero-order valence-corrected chi connectivity index (χ0v) is 11.7. The maximum atomic E-state index is 11.0. The molecule has 0 aromatic rings. The van der Waals surface area contributed by atoms with Crippen molar-refractivity contribution in [3.63, 3.8) is 0 Å². The number of carbonyl (C=O) groups is 3. The molecular formula is C12H20O9. The number of esters is 3. The first-order chi connectivity index (χ1) is 9.92. The van der Waals surface area contributed by atoms with Crippen molar-refractivity contribution in [1.29, 1.82) is 0 Å². The Bertz CT molecular complexity index is 302. The second kappa shape index (κ2) is 10.1.